The summed E-state index contributed by atoms with van der Waals surface area (Å²) >= 11 is 6.06. The van der Waals surface area contributed by atoms with Crippen molar-refractivity contribution in [1.29, 1.82) is 0 Å². The molecule has 1 aromatic heterocycles. The van der Waals surface area contributed by atoms with Crippen LogP contribution in [0, 0.1) is 11.3 Å². The minimum absolute atomic E-state index is 0.231. The van der Waals surface area contributed by atoms with E-state index in [2.05, 4.69) is 37.7 Å². The zero-order valence-electron chi connectivity index (χ0n) is 12.9. The zero-order chi connectivity index (χ0) is 14.8. The van der Waals surface area contributed by atoms with E-state index in [1.54, 1.807) is 6.07 Å². The van der Waals surface area contributed by atoms with Gasteiger partial charge in [0.1, 0.15) is 17.1 Å². The van der Waals surface area contributed by atoms with E-state index < -0.39 is 0 Å². The molecule has 1 aliphatic rings. The van der Waals surface area contributed by atoms with Crippen molar-refractivity contribution in [3.63, 3.8) is 0 Å². The van der Waals surface area contributed by atoms with Gasteiger partial charge in [0, 0.05) is 12.5 Å². The average molecular weight is 297 g/mol. The molecular formula is C16H25ClN2O. The lowest BCUT2D eigenvalue weighted by molar-refractivity contribution is 0.0530. The third kappa shape index (κ3) is 4.34. The fourth-order valence-corrected chi connectivity index (χ4v) is 3.55. The molecule has 2 atom stereocenters. The standard InChI is InChI=1S/C16H25ClN2O/c1-5-6-14-18-13(17)8-15(19-14)20-12-7-11(2)9-16(3,4)10-12/h8,11-12H,5-7,9-10H2,1-4H3. The Balaban J connectivity index is 2.09. The molecule has 0 aliphatic heterocycles. The van der Waals surface area contributed by atoms with Gasteiger partial charge in [0.15, 0.2) is 0 Å². The van der Waals surface area contributed by atoms with Crippen LogP contribution in [0.3, 0.4) is 0 Å². The second-order valence-electron chi connectivity index (χ2n) is 6.85. The highest BCUT2D eigenvalue weighted by atomic mass is 35.5. The van der Waals surface area contributed by atoms with Crippen LogP contribution >= 0.6 is 11.6 Å². The van der Waals surface area contributed by atoms with Gasteiger partial charge < -0.3 is 4.74 Å². The highest BCUT2D eigenvalue weighted by molar-refractivity contribution is 6.29. The Labute approximate surface area is 127 Å². The fourth-order valence-electron chi connectivity index (χ4n) is 3.36. The molecular weight excluding hydrogens is 272 g/mol. The topological polar surface area (TPSA) is 35.0 Å². The van der Waals surface area contributed by atoms with Crippen molar-refractivity contribution < 1.29 is 4.74 Å². The molecule has 0 amide bonds. The maximum absolute atomic E-state index is 6.09. The second-order valence-corrected chi connectivity index (χ2v) is 7.24. The van der Waals surface area contributed by atoms with Gasteiger partial charge in [-0.25, -0.2) is 4.98 Å². The number of ether oxygens (including phenoxy) is 1. The maximum atomic E-state index is 6.09. The predicted molar refractivity (Wildman–Crippen MR) is 82.2 cm³/mol. The van der Waals surface area contributed by atoms with Crippen LogP contribution in [0.15, 0.2) is 6.07 Å². The number of rotatable bonds is 4. The molecule has 0 aromatic carbocycles. The van der Waals surface area contributed by atoms with Gasteiger partial charge in [-0.2, -0.15) is 4.98 Å². The zero-order valence-corrected chi connectivity index (χ0v) is 13.7. The smallest absolute Gasteiger partial charge is 0.218 e. The summed E-state index contributed by atoms with van der Waals surface area (Å²) in [7, 11) is 0. The number of hydrogen-bond acceptors (Lipinski definition) is 3. The van der Waals surface area contributed by atoms with Crippen molar-refractivity contribution in [2.75, 3.05) is 0 Å². The van der Waals surface area contributed by atoms with Crippen molar-refractivity contribution in [3.8, 4) is 5.88 Å². The first-order chi connectivity index (χ1) is 9.38. The monoisotopic (exact) mass is 296 g/mol. The van der Waals surface area contributed by atoms with E-state index in [9.17, 15) is 0 Å². The van der Waals surface area contributed by atoms with E-state index in [0.717, 1.165) is 31.5 Å². The molecule has 2 rings (SSSR count). The Morgan fingerprint density at radius 3 is 2.75 bits per heavy atom. The molecule has 2 unspecified atom stereocenters. The van der Waals surface area contributed by atoms with Crippen LogP contribution in [0.5, 0.6) is 5.88 Å². The highest BCUT2D eigenvalue weighted by Gasteiger charge is 2.33. The second kappa shape index (κ2) is 6.30. The van der Waals surface area contributed by atoms with Crippen molar-refractivity contribution in [1.82, 2.24) is 9.97 Å². The van der Waals surface area contributed by atoms with Crippen LogP contribution in [0.1, 0.15) is 59.2 Å². The molecule has 4 heteroatoms. The Morgan fingerprint density at radius 2 is 2.10 bits per heavy atom. The Bertz CT molecular complexity index is 462. The van der Waals surface area contributed by atoms with E-state index in [-0.39, 0.29) is 6.10 Å². The van der Waals surface area contributed by atoms with E-state index >= 15 is 0 Å². The summed E-state index contributed by atoms with van der Waals surface area (Å²) < 4.78 is 6.09. The summed E-state index contributed by atoms with van der Waals surface area (Å²) in [5.41, 5.74) is 0.339. The molecule has 1 aromatic rings. The van der Waals surface area contributed by atoms with Gasteiger partial charge >= 0.3 is 0 Å². The van der Waals surface area contributed by atoms with E-state index in [4.69, 9.17) is 16.3 Å². The van der Waals surface area contributed by atoms with Gasteiger partial charge in [0.05, 0.1) is 0 Å². The van der Waals surface area contributed by atoms with Gasteiger partial charge in [-0.3, -0.25) is 0 Å². The number of hydrogen-bond donors (Lipinski definition) is 0. The quantitative estimate of drug-likeness (QED) is 0.757. The number of halogens is 1. The van der Waals surface area contributed by atoms with Crippen LogP contribution in [-0.2, 0) is 6.42 Å². The van der Waals surface area contributed by atoms with Crippen LogP contribution in [0.25, 0.3) is 0 Å². The first kappa shape index (κ1) is 15.6. The van der Waals surface area contributed by atoms with Gasteiger partial charge in [-0.05, 0) is 37.0 Å². The third-order valence-electron chi connectivity index (χ3n) is 3.83. The Hall–Kier alpha value is -0.830. The van der Waals surface area contributed by atoms with Crippen molar-refractivity contribution in [3.05, 3.63) is 17.0 Å². The van der Waals surface area contributed by atoms with Crippen LogP contribution in [0.2, 0.25) is 5.15 Å². The molecule has 20 heavy (non-hydrogen) atoms. The van der Waals surface area contributed by atoms with Gasteiger partial charge in [-0.1, -0.05) is 39.3 Å². The fraction of sp³-hybridized carbons (Fsp3) is 0.750. The maximum Gasteiger partial charge on any atom is 0.218 e. The number of nitrogens with zero attached hydrogens (tertiary/aromatic N) is 2. The van der Waals surface area contributed by atoms with Crippen LogP contribution < -0.4 is 4.74 Å². The summed E-state index contributed by atoms with van der Waals surface area (Å²) in [5.74, 6) is 2.10. The highest BCUT2D eigenvalue weighted by Crippen LogP contribution is 2.39. The first-order valence-electron chi connectivity index (χ1n) is 7.58. The summed E-state index contributed by atoms with van der Waals surface area (Å²) in [5, 5.41) is 0.474. The van der Waals surface area contributed by atoms with Crippen molar-refractivity contribution in [2.24, 2.45) is 11.3 Å². The number of aromatic nitrogens is 2. The molecule has 112 valence electrons. The molecule has 1 fully saturated rings. The summed E-state index contributed by atoms with van der Waals surface area (Å²) in [6, 6.07) is 1.73. The van der Waals surface area contributed by atoms with Crippen LogP contribution in [0.4, 0.5) is 0 Å². The Morgan fingerprint density at radius 1 is 1.35 bits per heavy atom. The predicted octanol–water partition coefficient (Wildman–Crippen LogP) is 4.68. The summed E-state index contributed by atoms with van der Waals surface area (Å²) in [6.45, 7) is 9.03. The van der Waals surface area contributed by atoms with Crippen molar-refractivity contribution in [2.45, 2.75) is 65.9 Å². The molecule has 1 aliphatic carbocycles. The molecule has 3 nitrogen and oxygen atoms in total. The SMILES string of the molecule is CCCc1nc(Cl)cc(OC2CC(C)CC(C)(C)C2)n1. The van der Waals surface area contributed by atoms with E-state index in [1.807, 2.05) is 0 Å². The van der Waals surface area contributed by atoms with Gasteiger partial charge in [0.2, 0.25) is 5.88 Å². The number of aryl methyl sites for hydroxylation is 1. The lowest BCUT2D eigenvalue weighted by Crippen LogP contribution is -2.34. The van der Waals surface area contributed by atoms with E-state index in [1.165, 1.54) is 6.42 Å². The molecule has 1 saturated carbocycles. The van der Waals surface area contributed by atoms with Gasteiger partial charge in [-0.15, -0.1) is 0 Å². The first-order valence-corrected chi connectivity index (χ1v) is 7.96. The molecule has 0 spiro atoms. The molecule has 0 saturated heterocycles. The average Bonchev–Trinajstić information content (AvgIpc) is 2.24. The largest absolute Gasteiger partial charge is 0.474 e. The lowest BCUT2D eigenvalue weighted by Gasteiger charge is -2.38. The Kier molecular flexibility index (Phi) is 4.90. The normalized spacial score (nSPS) is 25.4. The van der Waals surface area contributed by atoms with Crippen molar-refractivity contribution >= 4 is 11.6 Å². The molecule has 0 N–H and O–H groups in total. The van der Waals surface area contributed by atoms with E-state index in [0.29, 0.717) is 22.4 Å². The summed E-state index contributed by atoms with van der Waals surface area (Å²) in [6.07, 6.45) is 5.50. The van der Waals surface area contributed by atoms with Crippen LogP contribution in [-0.4, -0.2) is 16.1 Å². The minimum atomic E-state index is 0.231. The lowest BCUT2D eigenvalue weighted by atomic mass is 9.71. The summed E-state index contributed by atoms with van der Waals surface area (Å²) in [4.78, 5) is 8.71. The minimum Gasteiger partial charge on any atom is -0.474 e. The molecule has 0 bridgehead atoms. The molecule has 1 heterocycles. The van der Waals surface area contributed by atoms with Gasteiger partial charge in [0.25, 0.3) is 0 Å². The third-order valence-corrected chi connectivity index (χ3v) is 4.02. The molecule has 0 radical (unpaired) electrons.